The number of hydrazone groups is 1. The Balaban J connectivity index is 1.73. The molecule has 2 heterocycles. The number of carbonyl (C=O) groups is 1. The molecule has 2 aromatic heterocycles. The molecule has 0 saturated heterocycles. The van der Waals surface area contributed by atoms with Gasteiger partial charge in [0.2, 0.25) is 11.0 Å². The Labute approximate surface area is 161 Å². The lowest BCUT2D eigenvalue weighted by atomic mass is 10.1. The molecule has 0 radical (unpaired) electrons. The molecule has 28 heavy (non-hydrogen) atoms. The summed E-state index contributed by atoms with van der Waals surface area (Å²) in [5.41, 5.74) is 3.63. The summed E-state index contributed by atoms with van der Waals surface area (Å²) in [5.74, 6) is -0.785. The Bertz CT molecular complexity index is 1070. The number of nitro groups is 1. The van der Waals surface area contributed by atoms with Crippen LogP contribution in [-0.4, -0.2) is 32.3 Å². The topological polar surface area (TPSA) is 151 Å². The van der Waals surface area contributed by atoms with Crippen molar-refractivity contribution >= 4 is 34.3 Å². The van der Waals surface area contributed by atoms with E-state index in [-0.39, 0.29) is 28.0 Å². The molecule has 3 N–H and O–H groups in total. The molecule has 0 fully saturated rings. The molecule has 3 rings (SSSR count). The first-order chi connectivity index (χ1) is 13.3. The minimum atomic E-state index is -1.08. The van der Waals surface area contributed by atoms with Crippen molar-refractivity contribution in [2.45, 2.75) is 13.3 Å². The molecule has 3 aromatic rings. The average Bonchev–Trinajstić information content (AvgIpc) is 3.21. The van der Waals surface area contributed by atoms with E-state index in [9.17, 15) is 20.0 Å². The number of benzene rings is 1. The molecule has 0 spiro atoms. The van der Waals surface area contributed by atoms with Crippen molar-refractivity contribution < 1.29 is 24.3 Å². The molecule has 0 amide bonds. The van der Waals surface area contributed by atoms with Gasteiger partial charge in [-0.05, 0) is 30.7 Å². The number of aryl methyl sites for hydroxylation is 1. The number of thiazole rings is 1. The minimum absolute atomic E-state index is 0.0554. The molecule has 144 valence electrons. The maximum absolute atomic E-state index is 11.2. The number of hydrogen-bond donors (Lipinski definition) is 3. The third-order valence-electron chi connectivity index (χ3n) is 3.58. The van der Waals surface area contributed by atoms with Gasteiger partial charge in [-0.3, -0.25) is 20.3 Å². The fraction of sp³-hybridized carbons (Fsp3) is 0.118. The predicted molar refractivity (Wildman–Crippen MR) is 102 cm³/mol. The van der Waals surface area contributed by atoms with Crippen molar-refractivity contribution in [1.82, 2.24) is 4.98 Å². The normalized spacial score (nSPS) is 11.0. The number of aromatic hydroxyl groups is 1. The summed E-state index contributed by atoms with van der Waals surface area (Å²) in [6.45, 7) is 1.76. The first-order valence-corrected chi connectivity index (χ1v) is 8.70. The number of carboxylic acids is 1. The third kappa shape index (κ3) is 4.32. The van der Waals surface area contributed by atoms with E-state index in [1.165, 1.54) is 12.3 Å². The number of nitrogens with zero attached hydrogens (tertiary/aromatic N) is 3. The zero-order chi connectivity index (χ0) is 20.3. The molecule has 10 nitrogen and oxygen atoms in total. The Kier molecular flexibility index (Phi) is 5.36. The summed E-state index contributed by atoms with van der Waals surface area (Å²) in [6, 6.07) is 8.03. The standard InChI is InChI=1S/C17H14N4O6S/c1-9-2-4-11(12(6-9)21(25)26)13-5-3-10(27-13)8-18-20-17-19-16(24)14(28-17)7-15(22)23/h2-6,8,24H,7H2,1H3,(H,19,20)(H,22,23)/b18-8+. The van der Waals surface area contributed by atoms with Gasteiger partial charge in [-0.25, -0.2) is 0 Å². The summed E-state index contributed by atoms with van der Waals surface area (Å²) in [5, 5.41) is 33.7. The van der Waals surface area contributed by atoms with Crippen LogP contribution in [0.1, 0.15) is 16.2 Å². The monoisotopic (exact) mass is 402 g/mol. The smallest absolute Gasteiger partial charge is 0.308 e. The summed E-state index contributed by atoms with van der Waals surface area (Å²) >= 11 is 0.959. The van der Waals surface area contributed by atoms with E-state index in [4.69, 9.17) is 9.52 Å². The number of furan rings is 1. The largest absolute Gasteiger partial charge is 0.492 e. The van der Waals surface area contributed by atoms with Gasteiger partial charge >= 0.3 is 5.97 Å². The van der Waals surface area contributed by atoms with Gasteiger partial charge in [0.1, 0.15) is 11.5 Å². The second kappa shape index (κ2) is 7.88. The lowest BCUT2D eigenvalue weighted by molar-refractivity contribution is -0.384. The van der Waals surface area contributed by atoms with Crippen molar-refractivity contribution in [3.8, 4) is 17.2 Å². The van der Waals surface area contributed by atoms with Crippen LogP contribution in [0.5, 0.6) is 5.88 Å². The van der Waals surface area contributed by atoms with Crippen molar-refractivity contribution in [3.05, 3.63) is 56.6 Å². The van der Waals surface area contributed by atoms with Crippen LogP contribution in [-0.2, 0) is 11.2 Å². The summed E-state index contributed by atoms with van der Waals surface area (Å²) in [7, 11) is 0. The summed E-state index contributed by atoms with van der Waals surface area (Å²) < 4.78 is 5.58. The van der Waals surface area contributed by atoms with Crippen LogP contribution in [0.15, 0.2) is 39.9 Å². The lowest BCUT2D eigenvalue weighted by Crippen LogP contribution is -1.97. The van der Waals surface area contributed by atoms with Gasteiger partial charge in [-0.2, -0.15) is 10.1 Å². The van der Waals surface area contributed by atoms with Crippen LogP contribution in [0, 0.1) is 17.0 Å². The highest BCUT2D eigenvalue weighted by atomic mass is 32.1. The maximum Gasteiger partial charge on any atom is 0.308 e. The Hall–Kier alpha value is -3.73. The molecule has 11 heteroatoms. The van der Waals surface area contributed by atoms with Crippen LogP contribution in [0.2, 0.25) is 0 Å². The van der Waals surface area contributed by atoms with Gasteiger partial charge in [0.15, 0.2) is 0 Å². The van der Waals surface area contributed by atoms with Gasteiger partial charge < -0.3 is 14.6 Å². The molecule has 0 saturated carbocycles. The fourth-order valence-electron chi connectivity index (χ4n) is 2.36. The van der Waals surface area contributed by atoms with E-state index in [1.54, 1.807) is 31.2 Å². The first kappa shape index (κ1) is 19.0. The number of aromatic nitrogens is 1. The van der Waals surface area contributed by atoms with Crippen molar-refractivity contribution in [2.24, 2.45) is 5.10 Å². The van der Waals surface area contributed by atoms with E-state index in [0.29, 0.717) is 17.1 Å². The number of nitrogens with one attached hydrogen (secondary N) is 1. The molecular weight excluding hydrogens is 388 g/mol. The van der Waals surface area contributed by atoms with Gasteiger partial charge in [-0.15, -0.1) is 0 Å². The molecule has 0 aliphatic rings. The number of carboxylic acid groups (broad SMARTS) is 1. The van der Waals surface area contributed by atoms with Crippen LogP contribution < -0.4 is 5.43 Å². The molecule has 1 aromatic carbocycles. The number of hydrogen-bond acceptors (Lipinski definition) is 9. The first-order valence-electron chi connectivity index (χ1n) is 7.88. The minimum Gasteiger partial charge on any atom is -0.492 e. The second-order valence-electron chi connectivity index (χ2n) is 5.69. The van der Waals surface area contributed by atoms with Gasteiger partial charge in [0, 0.05) is 6.07 Å². The number of aliphatic carboxylic acids is 1. The highest BCUT2D eigenvalue weighted by molar-refractivity contribution is 7.16. The zero-order valence-corrected chi connectivity index (χ0v) is 15.3. The van der Waals surface area contributed by atoms with Gasteiger partial charge in [0.05, 0.1) is 28.0 Å². The van der Waals surface area contributed by atoms with Crippen LogP contribution >= 0.6 is 11.3 Å². The Morgan fingerprint density at radius 1 is 1.43 bits per heavy atom. The second-order valence-corrected chi connectivity index (χ2v) is 6.77. The third-order valence-corrected chi connectivity index (χ3v) is 4.53. The molecular formula is C17H14N4O6S. The van der Waals surface area contributed by atoms with Gasteiger partial charge in [-0.1, -0.05) is 17.4 Å². The summed E-state index contributed by atoms with van der Waals surface area (Å²) in [4.78, 5) is 25.4. The van der Waals surface area contributed by atoms with E-state index in [1.807, 2.05) is 0 Å². The Morgan fingerprint density at radius 3 is 2.93 bits per heavy atom. The predicted octanol–water partition coefficient (Wildman–Crippen LogP) is 3.40. The van der Waals surface area contributed by atoms with Crippen LogP contribution in [0.25, 0.3) is 11.3 Å². The average molecular weight is 402 g/mol. The highest BCUT2D eigenvalue weighted by Gasteiger charge is 2.18. The van der Waals surface area contributed by atoms with Crippen molar-refractivity contribution in [3.63, 3.8) is 0 Å². The van der Waals surface area contributed by atoms with Gasteiger partial charge in [0.25, 0.3) is 5.69 Å². The van der Waals surface area contributed by atoms with Crippen LogP contribution in [0.4, 0.5) is 10.8 Å². The number of anilines is 1. The SMILES string of the molecule is Cc1ccc(-c2ccc(/C=N/Nc3nc(O)c(CC(=O)O)s3)o2)c([N+](=O)[O-])c1. The van der Waals surface area contributed by atoms with E-state index >= 15 is 0 Å². The van der Waals surface area contributed by atoms with E-state index in [2.05, 4.69) is 15.5 Å². The van der Waals surface area contributed by atoms with E-state index in [0.717, 1.165) is 16.9 Å². The maximum atomic E-state index is 11.2. The molecule has 0 bridgehead atoms. The number of rotatable bonds is 7. The quantitative estimate of drug-likeness (QED) is 0.309. The summed E-state index contributed by atoms with van der Waals surface area (Å²) in [6.07, 6.45) is 0.991. The molecule has 0 atom stereocenters. The highest BCUT2D eigenvalue weighted by Crippen LogP contribution is 2.32. The van der Waals surface area contributed by atoms with Crippen molar-refractivity contribution in [1.29, 1.82) is 0 Å². The van der Waals surface area contributed by atoms with Crippen LogP contribution in [0.3, 0.4) is 0 Å². The fourth-order valence-corrected chi connectivity index (χ4v) is 3.16. The molecule has 0 unspecified atom stereocenters. The van der Waals surface area contributed by atoms with Crippen molar-refractivity contribution in [2.75, 3.05) is 5.43 Å². The lowest BCUT2D eigenvalue weighted by Gasteiger charge is -2.00. The zero-order valence-electron chi connectivity index (χ0n) is 14.4. The van der Waals surface area contributed by atoms with E-state index < -0.39 is 10.9 Å². The Morgan fingerprint density at radius 2 is 2.21 bits per heavy atom. The molecule has 0 aliphatic heterocycles. The number of nitro benzene ring substituents is 1. The molecule has 0 aliphatic carbocycles.